The van der Waals surface area contributed by atoms with Crippen LogP contribution in [0.4, 0.5) is 11.4 Å². The SMILES string of the molecule is Cc1ccc(S(C)(=O)=O)c(-c2ccc(N(C)C)cc2)c1-c1ccc(N(C)C)cc1. The predicted octanol–water partition coefficient (Wildman–Crippen LogP) is 4.86. The molecule has 3 rings (SSSR count). The Morgan fingerprint density at radius 2 is 1.03 bits per heavy atom. The van der Waals surface area contributed by atoms with Gasteiger partial charge in [-0.3, -0.25) is 0 Å². The number of hydrogen-bond acceptors (Lipinski definition) is 4. The highest BCUT2D eigenvalue weighted by Gasteiger charge is 2.21. The molecule has 0 spiro atoms. The number of anilines is 2. The summed E-state index contributed by atoms with van der Waals surface area (Å²) in [5.74, 6) is 0. The lowest BCUT2D eigenvalue weighted by atomic mass is 9.90. The molecule has 0 aliphatic carbocycles. The van der Waals surface area contributed by atoms with Crippen molar-refractivity contribution in [1.82, 2.24) is 0 Å². The number of hydrogen-bond donors (Lipinski definition) is 0. The highest BCUT2D eigenvalue weighted by Crippen LogP contribution is 2.40. The zero-order valence-corrected chi connectivity index (χ0v) is 18.7. The summed E-state index contributed by atoms with van der Waals surface area (Å²) in [5, 5.41) is 0. The summed E-state index contributed by atoms with van der Waals surface area (Å²) < 4.78 is 25.3. The van der Waals surface area contributed by atoms with Crippen LogP contribution in [0, 0.1) is 6.92 Å². The van der Waals surface area contributed by atoms with Crippen molar-refractivity contribution in [3.63, 3.8) is 0 Å². The molecule has 0 saturated carbocycles. The third-order valence-electron chi connectivity index (χ3n) is 5.12. The Labute approximate surface area is 174 Å². The standard InChI is InChI=1S/C24H28N2O2S/c1-17-7-16-22(29(6,27)28)24(19-10-14-21(15-11-19)26(4)5)23(17)18-8-12-20(13-9-18)25(2)3/h7-16H,1-6H3. The molecule has 0 unspecified atom stereocenters. The van der Waals surface area contributed by atoms with Gasteiger partial charge in [-0.2, -0.15) is 0 Å². The second-order valence-electron chi connectivity index (χ2n) is 7.79. The van der Waals surface area contributed by atoms with E-state index in [9.17, 15) is 8.42 Å². The van der Waals surface area contributed by atoms with Crippen LogP contribution >= 0.6 is 0 Å². The van der Waals surface area contributed by atoms with Crippen molar-refractivity contribution in [2.45, 2.75) is 11.8 Å². The van der Waals surface area contributed by atoms with Crippen molar-refractivity contribution < 1.29 is 8.42 Å². The van der Waals surface area contributed by atoms with Crippen LogP contribution in [-0.2, 0) is 9.84 Å². The Hall–Kier alpha value is -2.79. The molecule has 29 heavy (non-hydrogen) atoms. The molecule has 0 heterocycles. The molecule has 0 aliphatic heterocycles. The van der Waals surface area contributed by atoms with Crippen LogP contribution in [0.15, 0.2) is 65.6 Å². The van der Waals surface area contributed by atoms with E-state index < -0.39 is 9.84 Å². The number of rotatable bonds is 5. The highest BCUT2D eigenvalue weighted by molar-refractivity contribution is 7.90. The maximum Gasteiger partial charge on any atom is 0.176 e. The maximum absolute atomic E-state index is 12.6. The van der Waals surface area contributed by atoms with E-state index in [1.165, 1.54) is 6.26 Å². The minimum Gasteiger partial charge on any atom is -0.378 e. The average Bonchev–Trinajstić information content (AvgIpc) is 2.67. The minimum atomic E-state index is -3.40. The molecule has 0 aromatic heterocycles. The van der Waals surface area contributed by atoms with E-state index in [4.69, 9.17) is 0 Å². The molecule has 0 aliphatic rings. The van der Waals surface area contributed by atoms with E-state index in [0.29, 0.717) is 4.90 Å². The van der Waals surface area contributed by atoms with Gasteiger partial charge in [0.25, 0.3) is 0 Å². The molecule has 0 atom stereocenters. The topological polar surface area (TPSA) is 40.6 Å². The van der Waals surface area contributed by atoms with Gasteiger partial charge in [0, 0.05) is 51.4 Å². The zero-order chi connectivity index (χ0) is 21.3. The van der Waals surface area contributed by atoms with Gasteiger partial charge in [0.05, 0.1) is 4.90 Å². The monoisotopic (exact) mass is 408 g/mol. The van der Waals surface area contributed by atoms with Gasteiger partial charge in [0.1, 0.15) is 0 Å². The van der Waals surface area contributed by atoms with E-state index in [-0.39, 0.29) is 0 Å². The highest BCUT2D eigenvalue weighted by atomic mass is 32.2. The second kappa shape index (κ2) is 7.91. The number of sulfone groups is 1. The van der Waals surface area contributed by atoms with Gasteiger partial charge in [-0.15, -0.1) is 0 Å². The number of aryl methyl sites for hydroxylation is 1. The normalized spacial score (nSPS) is 11.4. The van der Waals surface area contributed by atoms with Gasteiger partial charge in [0.2, 0.25) is 0 Å². The lowest BCUT2D eigenvalue weighted by molar-refractivity contribution is 0.602. The first-order valence-corrected chi connectivity index (χ1v) is 11.4. The summed E-state index contributed by atoms with van der Waals surface area (Å²) in [6.07, 6.45) is 1.27. The summed E-state index contributed by atoms with van der Waals surface area (Å²) in [4.78, 5) is 4.43. The number of nitrogens with zero attached hydrogens (tertiary/aromatic N) is 2. The molecule has 0 bridgehead atoms. The summed E-state index contributed by atoms with van der Waals surface area (Å²) in [6, 6.07) is 19.9. The molecule has 0 fully saturated rings. The Bertz CT molecular complexity index is 1110. The summed E-state index contributed by atoms with van der Waals surface area (Å²) in [7, 11) is 4.58. The predicted molar refractivity (Wildman–Crippen MR) is 124 cm³/mol. The van der Waals surface area contributed by atoms with E-state index in [2.05, 4.69) is 24.3 Å². The van der Waals surface area contributed by atoms with Gasteiger partial charge in [-0.05, 0) is 59.5 Å². The first kappa shape index (κ1) is 20.9. The van der Waals surface area contributed by atoms with E-state index >= 15 is 0 Å². The molecular weight excluding hydrogens is 380 g/mol. The summed E-state index contributed by atoms with van der Waals surface area (Å²) in [5.41, 5.74) is 6.83. The van der Waals surface area contributed by atoms with Crippen LogP contribution in [-0.4, -0.2) is 42.9 Å². The van der Waals surface area contributed by atoms with Gasteiger partial charge >= 0.3 is 0 Å². The first-order chi connectivity index (χ1) is 13.6. The average molecular weight is 409 g/mol. The summed E-state index contributed by atoms with van der Waals surface area (Å²) in [6.45, 7) is 2.03. The Balaban J connectivity index is 2.30. The molecule has 0 radical (unpaired) electrons. The third kappa shape index (κ3) is 4.30. The van der Waals surface area contributed by atoms with Crippen LogP contribution in [0.2, 0.25) is 0 Å². The van der Waals surface area contributed by atoms with Crippen LogP contribution < -0.4 is 9.80 Å². The van der Waals surface area contributed by atoms with Crippen molar-refractivity contribution >= 4 is 21.2 Å². The molecule has 3 aromatic carbocycles. The molecule has 0 N–H and O–H groups in total. The molecule has 0 amide bonds. The lowest BCUT2D eigenvalue weighted by Gasteiger charge is -2.19. The third-order valence-corrected chi connectivity index (χ3v) is 6.26. The quantitative estimate of drug-likeness (QED) is 0.604. The van der Waals surface area contributed by atoms with E-state index in [0.717, 1.165) is 39.2 Å². The van der Waals surface area contributed by atoms with Crippen LogP contribution in [0.1, 0.15) is 5.56 Å². The molecular formula is C24H28N2O2S. The fourth-order valence-corrected chi connectivity index (χ4v) is 4.41. The van der Waals surface area contributed by atoms with Gasteiger partial charge in [0.15, 0.2) is 9.84 Å². The second-order valence-corrected chi connectivity index (χ2v) is 9.77. The maximum atomic E-state index is 12.6. The number of benzene rings is 3. The minimum absolute atomic E-state index is 0.354. The van der Waals surface area contributed by atoms with Crippen molar-refractivity contribution in [1.29, 1.82) is 0 Å². The summed E-state index contributed by atoms with van der Waals surface area (Å²) >= 11 is 0. The van der Waals surface area contributed by atoms with Crippen molar-refractivity contribution in [2.24, 2.45) is 0 Å². The van der Waals surface area contributed by atoms with Crippen molar-refractivity contribution in [3.05, 3.63) is 66.2 Å². The zero-order valence-electron chi connectivity index (χ0n) is 17.9. The molecule has 4 nitrogen and oxygen atoms in total. The van der Waals surface area contributed by atoms with Crippen molar-refractivity contribution in [3.8, 4) is 22.3 Å². The molecule has 5 heteroatoms. The Morgan fingerprint density at radius 3 is 1.41 bits per heavy atom. The Morgan fingerprint density at radius 1 is 0.621 bits per heavy atom. The van der Waals surface area contributed by atoms with Gasteiger partial charge in [-0.1, -0.05) is 30.3 Å². The van der Waals surface area contributed by atoms with Gasteiger partial charge < -0.3 is 9.80 Å². The van der Waals surface area contributed by atoms with Gasteiger partial charge in [-0.25, -0.2) is 8.42 Å². The fraction of sp³-hybridized carbons (Fsp3) is 0.250. The van der Waals surface area contributed by atoms with Crippen LogP contribution in [0.5, 0.6) is 0 Å². The van der Waals surface area contributed by atoms with E-state index in [1.807, 2.05) is 75.2 Å². The largest absolute Gasteiger partial charge is 0.378 e. The lowest BCUT2D eigenvalue weighted by Crippen LogP contribution is -2.08. The molecule has 0 saturated heterocycles. The van der Waals surface area contributed by atoms with Crippen molar-refractivity contribution in [2.75, 3.05) is 44.2 Å². The van der Waals surface area contributed by atoms with E-state index in [1.54, 1.807) is 6.07 Å². The Kier molecular flexibility index (Phi) is 5.71. The smallest absolute Gasteiger partial charge is 0.176 e. The first-order valence-electron chi connectivity index (χ1n) is 9.49. The molecule has 3 aromatic rings. The van der Waals surface area contributed by atoms with Crippen LogP contribution in [0.3, 0.4) is 0 Å². The van der Waals surface area contributed by atoms with Crippen LogP contribution in [0.25, 0.3) is 22.3 Å². The molecule has 152 valence electrons. The fourth-order valence-electron chi connectivity index (χ4n) is 3.51.